The predicted molar refractivity (Wildman–Crippen MR) is 73.8 cm³/mol. The van der Waals surface area contributed by atoms with E-state index in [1.807, 2.05) is 0 Å². The van der Waals surface area contributed by atoms with Crippen LogP contribution in [-0.4, -0.2) is 35.5 Å². The van der Waals surface area contributed by atoms with Crippen molar-refractivity contribution < 1.29 is 23.8 Å². The summed E-state index contributed by atoms with van der Waals surface area (Å²) in [5, 5.41) is 9.06. The van der Waals surface area contributed by atoms with Crippen molar-refractivity contribution in [2.75, 3.05) is 13.7 Å². The first-order valence-electron chi connectivity index (χ1n) is 6.46. The Morgan fingerprint density at radius 1 is 1.48 bits per heavy atom. The van der Waals surface area contributed by atoms with Gasteiger partial charge in [0.2, 0.25) is 0 Å². The summed E-state index contributed by atoms with van der Waals surface area (Å²) in [7, 11) is 1.51. The first kappa shape index (κ1) is 15.3. The van der Waals surface area contributed by atoms with Crippen LogP contribution in [0.1, 0.15) is 12.5 Å². The van der Waals surface area contributed by atoms with Gasteiger partial charge in [0, 0.05) is 7.11 Å². The molecule has 0 spiro atoms. The van der Waals surface area contributed by atoms with Crippen molar-refractivity contribution in [2.45, 2.75) is 26.2 Å². The molecule has 0 radical (unpaired) electrons. The molecule has 1 heterocycles. The van der Waals surface area contributed by atoms with Gasteiger partial charge >= 0.3 is 11.7 Å². The average Bonchev–Trinajstić information content (AvgIpc) is 2.74. The molecule has 7 heteroatoms. The summed E-state index contributed by atoms with van der Waals surface area (Å²) in [4.78, 5) is 23.6. The van der Waals surface area contributed by atoms with Crippen molar-refractivity contribution >= 4 is 17.1 Å². The van der Waals surface area contributed by atoms with Crippen LogP contribution in [0.5, 0.6) is 0 Å². The third-order valence-corrected chi connectivity index (χ3v) is 2.94. The number of esters is 1. The minimum Gasteiger partial charge on any atom is -0.459 e. The Bertz CT molecular complexity index is 686. The highest BCUT2D eigenvalue weighted by Gasteiger charge is 2.15. The number of benzene rings is 1. The van der Waals surface area contributed by atoms with Crippen LogP contribution in [0.2, 0.25) is 0 Å². The number of fused-ring (bicyclic) bond motifs is 1. The predicted octanol–water partition coefficient (Wildman–Crippen LogP) is 0.665. The molecule has 21 heavy (non-hydrogen) atoms. The molecular formula is C14H17NO6. The first-order valence-corrected chi connectivity index (χ1v) is 6.46. The number of ether oxygens (including phenoxy) is 2. The van der Waals surface area contributed by atoms with Gasteiger partial charge in [0.1, 0.15) is 12.6 Å². The van der Waals surface area contributed by atoms with Crippen LogP contribution in [0.25, 0.3) is 11.1 Å². The Labute approximate surface area is 120 Å². The Morgan fingerprint density at radius 2 is 2.24 bits per heavy atom. The second kappa shape index (κ2) is 6.55. The minimum absolute atomic E-state index is 0.151. The van der Waals surface area contributed by atoms with Gasteiger partial charge < -0.3 is 19.0 Å². The molecule has 0 amide bonds. The molecule has 2 aromatic rings. The first-order chi connectivity index (χ1) is 10.0. The summed E-state index contributed by atoms with van der Waals surface area (Å²) >= 11 is 0. The van der Waals surface area contributed by atoms with Crippen molar-refractivity contribution in [3.8, 4) is 0 Å². The molecular weight excluding hydrogens is 278 g/mol. The smallest absolute Gasteiger partial charge is 0.420 e. The topological polar surface area (TPSA) is 90.9 Å². The quantitative estimate of drug-likeness (QED) is 0.787. The highest BCUT2D eigenvalue weighted by atomic mass is 16.6. The minimum atomic E-state index is -0.642. The Balaban J connectivity index is 2.20. The number of nitrogens with zero attached hydrogens (tertiary/aromatic N) is 1. The van der Waals surface area contributed by atoms with Gasteiger partial charge in [0.25, 0.3) is 0 Å². The Hall–Kier alpha value is -2.12. The Morgan fingerprint density at radius 3 is 2.90 bits per heavy atom. The fraction of sp³-hybridized carbons (Fsp3) is 0.429. The van der Waals surface area contributed by atoms with Crippen molar-refractivity contribution in [3.05, 3.63) is 34.3 Å². The SMILES string of the molecule is COCC(C)OC(=O)Cn1c(=O)oc2cc(CO)ccc21. The normalized spacial score (nSPS) is 12.5. The maximum atomic E-state index is 11.8. The third kappa shape index (κ3) is 3.50. The van der Waals surface area contributed by atoms with E-state index in [0.29, 0.717) is 16.7 Å². The maximum absolute atomic E-state index is 11.8. The van der Waals surface area contributed by atoms with E-state index in [4.69, 9.17) is 19.0 Å². The van der Waals surface area contributed by atoms with Crippen LogP contribution < -0.4 is 5.76 Å². The lowest BCUT2D eigenvalue weighted by atomic mass is 10.2. The zero-order chi connectivity index (χ0) is 15.4. The van der Waals surface area contributed by atoms with Crippen molar-refractivity contribution in [2.24, 2.45) is 0 Å². The lowest BCUT2D eigenvalue weighted by Crippen LogP contribution is -2.26. The van der Waals surface area contributed by atoms with Crippen LogP contribution in [0.3, 0.4) is 0 Å². The lowest BCUT2D eigenvalue weighted by Gasteiger charge is -2.12. The number of methoxy groups -OCH3 is 1. The molecule has 0 fully saturated rings. The van der Waals surface area contributed by atoms with Crippen LogP contribution >= 0.6 is 0 Å². The molecule has 114 valence electrons. The number of hydrogen-bond acceptors (Lipinski definition) is 6. The van der Waals surface area contributed by atoms with E-state index >= 15 is 0 Å². The van der Waals surface area contributed by atoms with E-state index in [2.05, 4.69) is 0 Å². The molecule has 0 aliphatic rings. The second-order valence-electron chi connectivity index (χ2n) is 4.67. The van der Waals surface area contributed by atoms with Gasteiger partial charge in [0.15, 0.2) is 5.58 Å². The summed E-state index contributed by atoms with van der Waals surface area (Å²) in [6.07, 6.45) is -0.391. The number of carbonyl (C=O) groups is 1. The Kier molecular flexibility index (Phi) is 4.77. The number of aliphatic hydroxyl groups excluding tert-OH is 1. The van der Waals surface area contributed by atoms with Gasteiger partial charge in [-0.25, -0.2) is 4.79 Å². The maximum Gasteiger partial charge on any atom is 0.420 e. The molecule has 2 rings (SSSR count). The molecule has 7 nitrogen and oxygen atoms in total. The lowest BCUT2D eigenvalue weighted by molar-refractivity contribution is -0.151. The van der Waals surface area contributed by atoms with E-state index in [-0.39, 0.29) is 19.8 Å². The van der Waals surface area contributed by atoms with E-state index in [0.717, 1.165) is 0 Å². The molecule has 1 aromatic carbocycles. The van der Waals surface area contributed by atoms with Gasteiger partial charge in [0.05, 0.1) is 18.7 Å². The summed E-state index contributed by atoms with van der Waals surface area (Å²) < 4.78 is 16.2. The van der Waals surface area contributed by atoms with Crippen molar-refractivity contribution in [1.82, 2.24) is 4.57 Å². The highest BCUT2D eigenvalue weighted by Crippen LogP contribution is 2.15. The van der Waals surface area contributed by atoms with E-state index in [9.17, 15) is 9.59 Å². The van der Waals surface area contributed by atoms with Crippen LogP contribution in [0.4, 0.5) is 0 Å². The second-order valence-corrected chi connectivity index (χ2v) is 4.67. The fourth-order valence-electron chi connectivity index (χ4n) is 2.02. The number of hydrogen-bond donors (Lipinski definition) is 1. The van der Waals surface area contributed by atoms with Crippen LogP contribution in [0.15, 0.2) is 27.4 Å². The zero-order valence-electron chi connectivity index (χ0n) is 11.9. The zero-order valence-corrected chi connectivity index (χ0v) is 11.9. The number of aliphatic hydroxyl groups is 1. The van der Waals surface area contributed by atoms with Crippen molar-refractivity contribution in [3.63, 3.8) is 0 Å². The van der Waals surface area contributed by atoms with E-state index in [1.165, 1.54) is 11.7 Å². The number of carbonyl (C=O) groups excluding carboxylic acids is 1. The number of oxazole rings is 1. The summed E-state index contributed by atoms with van der Waals surface area (Å²) in [6, 6.07) is 4.84. The summed E-state index contributed by atoms with van der Waals surface area (Å²) in [5.74, 6) is -1.19. The van der Waals surface area contributed by atoms with Gasteiger partial charge in [-0.3, -0.25) is 9.36 Å². The van der Waals surface area contributed by atoms with E-state index < -0.39 is 17.8 Å². The molecule has 0 aliphatic heterocycles. The molecule has 1 aromatic heterocycles. The summed E-state index contributed by atoms with van der Waals surface area (Å²) in [6.45, 7) is 1.59. The van der Waals surface area contributed by atoms with Gasteiger partial charge in [-0.2, -0.15) is 0 Å². The van der Waals surface area contributed by atoms with Crippen molar-refractivity contribution in [1.29, 1.82) is 0 Å². The average molecular weight is 295 g/mol. The van der Waals surface area contributed by atoms with E-state index in [1.54, 1.807) is 25.1 Å². The fourth-order valence-corrected chi connectivity index (χ4v) is 2.02. The van der Waals surface area contributed by atoms with Gasteiger partial charge in [-0.15, -0.1) is 0 Å². The van der Waals surface area contributed by atoms with Crippen LogP contribution in [0, 0.1) is 0 Å². The number of aromatic nitrogens is 1. The molecule has 0 saturated carbocycles. The standard InChI is InChI=1S/C14H17NO6/c1-9(8-19-2)20-13(17)6-15-11-4-3-10(7-16)5-12(11)21-14(15)18/h3-5,9,16H,6-8H2,1-2H3. The van der Waals surface area contributed by atoms with Gasteiger partial charge in [-0.05, 0) is 24.6 Å². The molecule has 0 saturated heterocycles. The molecule has 1 N–H and O–H groups in total. The number of rotatable bonds is 6. The largest absolute Gasteiger partial charge is 0.459 e. The highest BCUT2D eigenvalue weighted by molar-refractivity contribution is 5.77. The molecule has 1 unspecified atom stereocenters. The summed E-state index contributed by atoms with van der Waals surface area (Å²) in [5.41, 5.74) is 1.43. The molecule has 0 bridgehead atoms. The monoisotopic (exact) mass is 295 g/mol. The van der Waals surface area contributed by atoms with Crippen LogP contribution in [-0.2, 0) is 27.4 Å². The molecule has 1 atom stereocenters. The third-order valence-electron chi connectivity index (χ3n) is 2.94. The van der Waals surface area contributed by atoms with Gasteiger partial charge in [-0.1, -0.05) is 6.07 Å². The molecule has 0 aliphatic carbocycles.